The first-order chi connectivity index (χ1) is 20.6. The van der Waals surface area contributed by atoms with Gasteiger partial charge in [0.15, 0.2) is 6.17 Å². The second-order valence-corrected chi connectivity index (χ2v) is 13.3. The molecule has 1 saturated carbocycles. The number of piperazine rings is 1. The van der Waals surface area contributed by atoms with Gasteiger partial charge in [-0.05, 0) is 51.8 Å². The van der Waals surface area contributed by atoms with Crippen molar-refractivity contribution in [3.63, 3.8) is 0 Å². The number of amides is 2. The second kappa shape index (κ2) is 11.7. The van der Waals surface area contributed by atoms with Crippen LogP contribution < -0.4 is 15.5 Å². The number of pyridine rings is 1. The van der Waals surface area contributed by atoms with Gasteiger partial charge in [0, 0.05) is 77.2 Å². The monoisotopic (exact) mass is 591 g/mol. The Morgan fingerprint density at radius 2 is 1.77 bits per heavy atom. The number of likely N-dealkylation sites (tertiary alicyclic amines) is 1. The van der Waals surface area contributed by atoms with Gasteiger partial charge in [-0.3, -0.25) is 9.69 Å². The van der Waals surface area contributed by atoms with E-state index in [1.54, 1.807) is 23.9 Å². The summed E-state index contributed by atoms with van der Waals surface area (Å²) in [6.07, 6.45) is 9.92. The van der Waals surface area contributed by atoms with E-state index < -0.39 is 5.60 Å². The Bertz CT molecular complexity index is 1300. The van der Waals surface area contributed by atoms with Crippen molar-refractivity contribution in [1.29, 1.82) is 0 Å². The normalized spacial score (nSPS) is 23.1. The zero-order chi connectivity index (χ0) is 30.3. The van der Waals surface area contributed by atoms with Crippen LogP contribution in [0.1, 0.15) is 46.5 Å². The summed E-state index contributed by atoms with van der Waals surface area (Å²) in [6.45, 7) is 10.9. The molecule has 0 aromatic carbocycles. The van der Waals surface area contributed by atoms with Gasteiger partial charge in [-0.2, -0.15) is 0 Å². The van der Waals surface area contributed by atoms with E-state index in [1.165, 1.54) is 12.8 Å². The Morgan fingerprint density at radius 3 is 2.40 bits per heavy atom. The molecular formula is C31H45N9O3. The highest BCUT2D eigenvalue weighted by molar-refractivity contribution is 5.97. The number of nitrogens with one attached hydrogen (secondary N) is 2. The fourth-order valence-corrected chi connectivity index (χ4v) is 6.49. The van der Waals surface area contributed by atoms with Crippen molar-refractivity contribution in [1.82, 2.24) is 29.9 Å². The summed E-state index contributed by atoms with van der Waals surface area (Å²) in [4.78, 5) is 45.4. The molecule has 1 aromatic heterocycles. The van der Waals surface area contributed by atoms with Crippen molar-refractivity contribution in [3.05, 3.63) is 41.9 Å². The van der Waals surface area contributed by atoms with Gasteiger partial charge in [0.1, 0.15) is 17.1 Å². The van der Waals surface area contributed by atoms with Crippen LogP contribution in [-0.4, -0.2) is 120 Å². The van der Waals surface area contributed by atoms with Gasteiger partial charge in [0.25, 0.3) is 5.91 Å². The predicted molar refractivity (Wildman–Crippen MR) is 167 cm³/mol. The molecule has 12 heteroatoms. The summed E-state index contributed by atoms with van der Waals surface area (Å²) in [5.41, 5.74) is 2.36. The van der Waals surface area contributed by atoms with Crippen molar-refractivity contribution >= 4 is 29.5 Å². The van der Waals surface area contributed by atoms with E-state index in [4.69, 9.17) is 9.73 Å². The molecule has 0 radical (unpaired) electrons. The Labute approximate surface area is 254 Å². The number of carbonyl (C=O) groups excluding carboxylic acids is 2. The topological polar surface area (TPSA) is 109 Å². The van der Waals surface area contributed by atoms with Crippen LogP contribution in [0.5, 0.6) is 0 Å². The Balaban J connectivity index is 1.02. The third-order valence-electron chi connectivity index (χ3n) is 8.82. The lowest BCUT2D eigenvalue weighted by molar-refractivity contribution is -0.126. The molecule has 1 atom stereocenters. The van der Waals surface area contributed by atoms with Crippen LogP contribution >= 0.6 is 0 Å². The molecule has 1 aliphatic carbocycles. The predicted octanol–water partition coefficient (Wildman–Crippen LogP) is 2.63. The van der Waals surface area contributed by atoms with Crippen LogP contribution in [0, 0.1) is 0 Å². The zero-order valence-corrected chi connectivity index (χ0v) is 26.0. The summed E-state index contributed by atoms with van der Waals surface area (Å²) in [5.74, 6) is 1.35. The first-order valence-corrected chi connectivity index (χ1v) is 15.5. The number of likely N-dealkylation sites (N-methyl/N-ethyl adjacent to an activating group) is 1. The first kappa shape index (κ1) is 29.3. The Hall–Kier alpha value is -3.80. The number of hydrogen-bond donors (Lipinski definition) is 2. The maximum Gasteiger partial charge on any atom is 0.410 e. The van der Waals surface area contributed by atoms with Crippen LogP contribution in [0.15, 0.2) is 46.9 Å². The van der Waals surface area contributed by atoms with E-state index >= 15 is 0 Å². The molecule has 2 N–H and O–H groups in total. The number of hydrogen-bond acceptors (Lipinski definition) is 10. The molecule has 2 saturated heterocycles. The fourth-order valence-electron chi connectivity index (χ4n) is 6.49. The highest BCUT2D eigenvalue weighted by atomic mass is 16.6. The van der Waals surface area contributed by atoms with Gasteiger partial charge in [-0.25, -0.2) is 14.8 Å². The van der Waals surface area contributed by atoms with E-state index in [-0.39, 0.29) is 18.2 Å². The van der Waals surface area contributed by atoms with Crippen LogP contribution in [0.3, 0.4) is 0 Å². The summed E-state index contributed by atoms with van der Waals surface area (Å²) < 4.78 is 5.49. The molecule has 1 aromatic rings. The maximum atomic E-state index is 13.0. The molecule has 6 rings (SSSR count). The van der Waals surface area contributed by atoms with Gasteiger partial charge >= 0.3 is 6.09 Å². The van der Waals surface area contributed by atoms with Gasteiger partial charge in [0.05, 0.1) is 11.9 Å². The van der Waals surface area contributed by atoms with E-state index in [2.05, 4.69) is 36.4 Å². The summed E-state index contributed by atoms with van der Waals surface area (Å²) >= 11 is 0. The molecule has 43 heavy (non-hydrogen) atoms. The Kier molecular flexibility index (Phi) is 7.97. The third-order valence-corrected chi connectivity index (χ3v) is 8.82. The molecule has 5 heterocycles. The van der Waals surface area contributed by atoms with Crippen molar-refractivity contribution < 1.29 is 14.3 Å². The number of fused-ring (bicyclic) bond motifs is 1. The molecular weight excluding hydrogens is 546 g/mol. The number of nitrogens with zero attached hydrogens (tertiary/aromatic N) is 7. The minimum absolute atomic E-state index is 0.0143. The van der Waals surface area contributed by atoms with E-state index in [0.717, 1.165) is 69.1 Å². The smallest absolute Gasteiger partial charge is 0.410 e. The zero-order valence-electron chi connectivity index (χ0n) is 26.0. The van der Waals surface area contributed by atoms with Crippen molar-refractivity contribution in [2.45, 2.75) is 70.3 Å². The van der Waals surface area contributed by atoms with E-state index in [0.29, 0.717) is 23.9 Å². The van der Waals surface area contributed by atoms with E-state index in [9.17, 15) is 9.59 Å². The molecule has 4 aliphatic heterocycles. The lowest BCUT2D eigenvalue weighted by atomic mass is 10.1. The average molecular weight is 592 g/mol. The molecule has 1 unspecified atom stereocenters. The quantitative estimate of drug-likeness (QED) is 0.534. The van der Waals surface area contributed by atoms with Crippen molar-refractivity contribution in [2.75, 3.05) is 63.6 Å². The molecule has 3 fully saturated rings. The summed E-state index contributed by atoms with van der Waals surface area (Å²) in [6, 6.07) is 4.80. The first-order valence-electron chi connectivity index (χ1n) is 15.5. The number of aliphatic imine (C=N–C) groups is 1. The van der Waals surface area contributed by atoms with Crippen LogP contribution in [0.4, 0.5) is 16.3 Å². The van der Waals surface area contributed by atoms with Gasteiger partial charge in [-0.1, -0.05) is 12.8 Å². The molecule has 232 valence electrons. The minimum Gasteiger partial charge on any atom is -0.444 e. The molecule has 12 nitrogen and oxygen atoms in total. The van der Waals surface area contributed by atoms with Crippen molar-refractivity contribution in [3.8, 4) is 0 Å². The SMILES string of the molecule is CN(C)C(=O)C1=CC2=CNC(Nc3ccc(N4CCN(C5CN(C(=O)OC(C)(C)C)C5)CC4)cn3)=NC2N1C1CCCC1. The van der Waals surface area contributed by atoms with Gasteiger partial charge in [-0.15, -0.1) is 0 Å². The second-order valence-electron chi connectivity index (χ2n) is 13.3. The minimum atomic E-state index is -0.463. The highest BCUT2D eigenvalue weighted by Gasteiger charge is 2.41. The number of guanidine groups is 1. The van der Waals surface area contributed by atoms with Crippen LogP contribution in [0.25, 0.3) is 0 Å². The maximum absolute atomic E-state index is 13.0. The standard InChI is InChI=1S/C31H45N9O3/c1-31(2,3)43-30(42)39-19-24(20-39)38-14-12-37(13-15-38)23-10-11-26(32-18-23)34-29-33-17-21-16-25(28(41)36(4)5)40(27(21)35-29)22-8-6-7-9-22/h10-11,16-18,22,24,27H,6-9,12-15,19-20H2,1-5H3,(H2,32,33,34,35). The van der Waals surface area contributed by atoms with E-state index in [1.807, 2.05) is 45.3 Å². The van der Waals surface area contributed by atoms with Crippen LogP contribution in [0.2, 0.25) is 0 Å². The average Bonchev–Trinajstić information content (AvgIpc) is 3.59. The van der Waals surface area contributed by atoms with Gasteiger partial charge < -0.3 is 35.0 Å². The Morgan fingerprint density at radius 1 is 1.05 bits per heavy atom. The van der Waals surface area contributed by atoms with Gasteiger partial charge in [0.2, 0.25) is 5.96 Å². The lowest BCUT2D eigenvalue weighted by Gasteiger charge is -2.48. The summed E-state index contributed by atoms with van der Waals surface area (Å²) in [5, 5.41) is 6.59. The van der Waals surface area contributed by atoms with Crippen molar-refractivity contribution in [2.24, 2.45) is 4.99 Å². The number of aromatic nitrogens is 1. The molecule has 2 amide bonds. The number of rotatable bonds is 5. The molecule has 5 aliphatic rings. The summed E-state index contributed by atoms with van der Waals surface area (Å²) in [7, 11) is 3.59. The molecule has 0 spiro atoms. The lowest BCUT2D eigenvalue weighted by Crippen LogP contribution is -2.64. The molecule has 0 bridgehead atoms. The largest absolute Gasteiger partial charge is 0.444 e. The number of anilines is 2. The number of ether oxygens (including phenoxy) is 1. The highest BCUT2D eigenvalue weighted by Crippen LogP contribution is 2.37. The van der Waals surface area contributed by atoms with Crippen LogP contribution in [-0.2, 0) is 9.53 Å². The third kappa shape index (κ3) is 6.29. The fraction of sp³-hybridized carbons (Fsp3) is 0.613. The number of carbonyl (C=O) groups is 2.